The van der Waals surface area contributed by atoms with Gasteiger partial charge in [-0.05, 0) is 123 Å². The van der Waals surface area contributed by atoms with Gasteiger partial charge in [-0.2, -0.15) is 0 Å². The van der Waals surface area contributed by atoms with Crippen molar-refractivity contribution in [2.75, 3.05) is 0 Å². The molecule has 2 aliphatic rings. The second kappa shape index (κ2) is 12.7. The molecule has 52 heavy (non-hydrogen) atoms. The minimum absolute atomic E-state index is 0.00922. The quantitative estimate of drug-likeness (QED) is 0.164. The Morgan fingerprint density at radius 3 is 2.21 bits per heavy atom. The highest BCUT2D eigenvalue weighted by Crippen LogP contribution is 2.50. The van der Waals surface area contributed by atoms with Crippen molar-refractivity contribution in [1.29, 1.82) is 0 Å². The average molecular weight is 675 g/mol. The minimum atomic E-state index is 0.00922. The Morgan fingerprint density at radius 1 is 0.615 bits per heavy atom. The van der Waals surface area contributed by atoms with E-state index < -0.39 is 0 Å². The lowest BCUT2D eigenvalue weighted by atomic mass is 9.79. The summed E-state index contributed by atoms with van der Waals surface area (Å²) >= 11 is 0. The van der Waals surface area contributed by atoms with E-state index in [1.807, 2.05) is 0 Å². The Kier molecular flexibility index (Phi) is 7.92. The second-order valence-electron chi connectivity index (χ2n) is 15.6. The van der Waals surface area contributed by atoms with Gasteiger partial charge >= 0.3 is 0 Å². The van der Waals surface area contributed by atoms with E-state index >= 15 is 0 Å². The van der Waals surface area contributed by atoms with Crippen molar-refractivity contribution in [3.05, 3.63) is 172 Å². The zero-order chi connectivity index (χ0) is 35.6. The lowest BCUT2D eigenvalue weighted by Crippen LogP contribution is -2.15. The Labute approximate surface area is 308 Å². The van der Waals surface area contributed by atoms with Crippen LogP contribution in [0, 0.1) is 6.92 Å². The van der Waals surface area contributed by atoms with Crippen LogP contribution in [0.1, 0.15) is 86.3 Å². The molecular weight excluding hydrogens is 629 g/mol. The van der Waals surface area contributed by atoms with E-state index in [1.54, 1.807) is 0 Å². The number of furan rings is 1. The monoisotopic (exact) mass is 674 g/mol. The molecule has 0 saturated carbocycles. The van der Waals surface area contributed by atoms with Crippen molar-refractivity contribution >= 4 is 27.5 Å². The van der Waals surface area contributed by atoms with E-state index in [0.717, 1.165) is 36.8 Å². The molecule has 9 rings (SSSR count). The third-order valence-electron chi connectivity index (χ3n) is 12.1. The maximum atomic E-state index is 6.48. The fraction of sp³-hybridized carbons (Fsp3) is 0.216. The maximum Gasteiger partial charge on any atom is 0.136 e. The first-order valence-corrected chi connectivity index (χ1v) is 19.1. The predicted octanol–water partition coefficient (Wildman–Crippen LogP) is 14.4. The molecule has 0 fully saturated rings. The first-order valence-electron chi connectivity index (χ1n) is 19.1. The third-order valence-corrected chi connectivity index (χ3v) is 12.1. The van der Waals surface area contributed by atoms with Crippen LogP contribution in [0.3, 0.4) is 0 Å². The number of fused-ring (bicyclic) bond motifs is 6. The normalized spacial score (nSPS) is 15.3. The topological polar surface area (TPSA) is 13.1 Å². The van der Waals surface area contributed by atoms with Crippen molar-refractivity contribution in [1.82, 2.24) is 0 Å². The number of hydrogen-bond acceptors (Lipinski definition) is 1. The summed E-state index contributed by atoms with van der Waals surface area (Å²) in [6.07, 6.45) is 9.04. The smallest absolute Gasteiger partial charge is 0.136 e. The highest BCUT2D eigenvalue weighted by Gasteiger charge is 2.35. The molecule has 0 amide bonds. The van der Waals surface area contributed by atoms with Crippen LogP contribution < -0.4 is 0 Å². The SMILES string of the molecule is CCCc1ccccc1-c1cc(-c2cc3c(cc2C2=CC=C(C(C)c4ccc5c(c4)C(C)(C)c4ccccc4-5)CC2)oc2ccccc23)ccc1C. The zero-order valence-corrected chi connectivity index (χ0v) is 31.0. The molecule has 1 aromatic heterocycles. The van der Waals surface area contributed by atoms with Crippen molar-refractivity contribution in [2.45, 2.75) is 71.6 Å². The van der Waals surface area contributed by atoms with Crippen LogP contribution in [0.2, 0.25) is 0 Å². The van der Waals surface area contributed by atoms with E-state index in [2.05, 4.69) is 168 Å². The summed E-state index contributed by atoms with van der Waals surface area (Å²) in [6.45, 7) is 11.6. The molecule has 0 saturated heterocycles. The summed E-state index contributed by atoms with van der Waals surface area (Å²) < 4.78 is 6.48. The number of aryl methyl sites for hydroxylation is 2. The molecular formula is C51H46O. The summed E-state index contributed by atoms with van der Waals surface area (Å²) in [5.74, 6) is 0.350. The Bertz CT molecular complexity index is 2590. The van der Waals surface area contributed by atoms with E-state index in [1.165, 1.54) is 88.7 Å². The first-order chi connectivity index (χ1) is 25.3. The average Bonchev–Trinajstić information content (AvgIpc) is 3.66. The standard InChI is InChI=1S/C51H46O/c1-6-13-35-14-7-8-15-39(35)43-28-38(21-20-32(43)2)44-30-46-42-17-10-12-19-49(42)52-50(46)31-45(44)36-24-22-34(23-25-36)33(3)37-26-27-41-40-16-9-11-18-47(40)51(4,5)48(41)29-37/h7-12,14-22,24,26-31,33H,6,13,23,25H2,1-5H3. The molecule has 6 aromatic carbocycles. The third kappa shape index (κ3) is 5.29. The number of rotatable bonds is 7. The van der Waals surface area contributed by atoms with E-state index in [0.29, 0.717) is 5.92 Å². The minimum Gasteiger partial charge on any atom is -0.456 e. The molecule has 7 aromatic rings. The fourth-order valence-corrected chi connectivity index (χ4v) is 9.07. The van der Waals surface area contributed by atoms with E-state index in [4.69, 9.17) is 4.42 Å². The van der Waals surface area contributed by atoms with Crippen molar-refractivity contribution in [3.63, 3.8) is 0 Å². The molecule has 1 atom stereocenters. The summed E-state index contributed by atoms with van der Waals surface area (Å²) in [6, 6.07) is 45.2. The van der Waals surface area contributed by atoms with Gasteiger partial charge in [0.1, 0.15) is 11.2 Å². The molecule has 256 valence electrons. The number of allylic oxidation sites excluding steroid dienone is 4. The van der Waals surface area contributed by atoms with Gasteiger partial charge in [-0.25, -0.2) is 0 Å². The second-order valence-corrected chi connectivity index (χ2v) is 15.6. The molecule has 0 spiro atoms. The van der Waals surface area contributed by atoms with Gasteiger partial charge in [0, 0.05) is 22.1 Å². The number of hydrogen-bond donors (Lipinski definition) is 0. The molecule has 0 aliphatic heterocycles. The van der Waals surface area contributed by atoms with Crippen LogP contribution in [-0.2, 0) is 11.8 Å². The molecule has 1 nitrogen and oxygen atoms in total. The van der Waals surface area contributed by atoms with Crippen LogP contribution in [0.5, 0.6) is 0 Å². The first kappa shape index (κ1) is 32.5. The molecule has 0 radical (unpaired) electrons. The Hall–Kier alpha value is -5.40. The molecule has 2 aliphatic carbocycles. The lowest BCUT2D eigenvalue weighted by Gasteiger charge is -2.25. The summed E-state index contributed by atoms with van der Waals surface area (Å²) in [5.41, 5.74) is 21.0. The van der Waals surface area contributed by atoms with Crippen molar-refractivity contribution in [2.24, 2.45) is 0 Å². The predicted molar refractivity (Wildman–Crippen MR) is 221 cm³/mol. The van der Waals surface area contributed by atoms with Gasteiger partial charge in [-0.3, -0.25) is 0 Å². The van der Waals surface area contributed by atoms with Gasteiger partial charge in [0.15, 0.2) is 0 Å². The largest absolute Gasteiger partial charge is 0.456 e. The maximum absolute atomic E-state index is 6.48. The van der Waals surface area contributed by atoms with Gasteiger partial charge < -0.3 is 4.42 Å². The molecule has 0 bridgehead atoms. The Balaban J connectivity index is 1.13. The summed E-state index contributed by atoms with van der Waals surface area (Å²) in [5, 5.41) is 2.34. The molecule has 0 N–H and O–H groups in total. The van der Waals surface area contributed by atoms with Gasteiger partial charge in [0.25, 0.3) is 0 Å². The highest BCUT2D eigenvalue weighted by molar-refractivity contribution is 6.08. The number of para-hydroxylation sites is 1. The van der Waals surface area contributed by atoms with Crippen LogP contribution in [0.25, 0.3) is 60.9 Å². The van der Waals surface area contributed by atoms with Crippen molar-refractivity contribution in [3.8, 4) is 33.4 Å². The highest BCUT2D eigenvalue weighted by atomic mass is 16.3. The van der Waals surface area contributed by atoms with Gasteiger partial charge in [-0.15, -0.1) is 0 Å². The molecule has 1 heterocycles. The van der Waals surface area contributed by atoms with E-state index in [-0.39, 0.29) is 5.41 Å². The van der Waals surface area contributed by atoms with Crippen molar-refractivity contribution < 1.29 is 4.42 Å². The molecule has 1 unspecified atom stereocenters. The van der Waals surface area contributed by atoms with Crippen LogP contribution >= 0.6 is 0 Å². The molecule has 1 heteroatoms. The van der Waals surface area contributed by atoms with Gasteiger partial charge in [0.2, 0.25) is 0 Å². The van der Waals surface area contributed by atoms with Crippen LogP contribution in [0.15, 0.2) is 143 Å². The van der Waals surface area contributed by atoms with Crippen LogP contribution in [0.4, 0.5) is 0 Å². The van der Waals surface area contributed by atoms with Crippen LogP contribution in [-0.4, -0.2) is 0 Å². The van der Waals surface area contributed by atoms with Gasteiger partial charge in [0.05, 0.1) is 0 Å². The van der Waals surface area contributed by atoms with E-state index in [9.17, 15) is 0 Å². The summed E-state index contributed by atoms with van der Waals surface area (Å²) in [4.78, 5) is 0. The Morgan fingerprint density at radius 2 is 1.38 bits per heavy atom. The van der Waals surface area contributed by atoms with Gasteiger partial charge in [-0.1, -0.05) is 149 Å². The lowest BCUT2D eigenvalue weighted by molar-refractivity contribution is 0.658. The number of benzene rings is 6. The fourth-order valence-electron chi connectivity index (χ4n) is 9.07. The summed E-state index contributed by atoms with van der Waals surface area (Å²) in [7, 11) is 0. The zero-order valence-electron chi connectivity index (χ0n) is 31.0.